The molecule has 1 unspecified atom stereocenters. The van der Waals surface area contributed by atoms with Gasteiger partial charge >= 0.3 is 6.03 Å². The molecule has 0 aromatic carbocycles. The van der Waals surface area contributed by atoms with Gasteiger partial charge in [0.1, 0.15) is 0 Å². The first-order chi connectivity index (χ1) is 8.56. The monoisotopic (exact) mass is 252 g/mol. The number of likely N-dealkylation sites (tertiary alicyclic amines) is 1. The van der Waals surface area contributed by atoms with Crippen LogP contribution in [0.4, 0.5) is 4.79 Å². The second-order valence-corrected chi connectivity index (χ2v) is 5.03. The van der Waals surface area contributed by atoms with Crippen LogP contribution in [-0.4, -0.2) is 62.0 Å². The number of nitrogens with zero attached hydrogens (tertiary/aromatic N) is 2. The van der Waals surface area contributed by atoms with E-state index in [2.05, 4.69) is 0 Å². The Labute approximate surface area is 107 Å². The maximum absolute atomic E-state index is 12.1. The molecule has 5 nitrogen and oxygen atoms in total. The maximum Gasteiger partial charge on any atom is 0.319 e. The number of urea groups is 1. The predicted molar refractivity (Wildman–Crippen MR) is 67.3 cm³/mol. The highest BCUT2D eigenvalue weighted by molar-refractivity contribution is 5.98. The Morgan fingerprint density at radius 3 is 2.78 bits per heavy atom. The van der Waals surface area contributed by atoms with Gasteiger partial charge in [-0.3, -0.25) is 4.79 Å². The lowest BCUT2D eigenvalue weighted by Crippen LogP contribution is -2.43. The van der Waals surface area contributed by atoms with E-state index >= 15 is 0 Å². The SMILES string of the molecule is COCC1=C2CCN(C(=O)N(C)C)C2CCC1=O. The number of ketones is 1. The largest absolute Gasteiger partial charge is 0.380 e. The first-order valence-corrected chi connectivity index (χ1v) is 6.28. The number of carbonyl (C=O) groups is 2. The van der Waals surface area contributed by atoms with Crippen molar-refractivity contribution < 1.29 is 14.3 Å². The zero-order valence-corrected chi connectivity index (χ0v) is 11.2. The van der Waals surface area contributed by atoms with E-state index < -0.39 is 0 Å². The van der Waals surface area contributed by atoms with E-state index in [1.54, 1.807) is 26.1 Å². The number of fused-ring (bicyclic) bond motifs is 1. The summed E-state index contributed by atoms with van der Waals surface area (Å²) >= 11 is 0. The first kappa shape index (κ1) is 13.1. The summed E-state index contributed by atoms with van der Waals surface area (Å²) in [5, 5.41) is 0. The molecule has 0 N–H and O–H groups in total. The second-order valence-electron chi connectivity index (χ2n) is 5.03. The van der Waals surface area contributed by atoms with Gasteiger partial charge in [0.15, 0.2) is 5.78 Å². The molecule has 1 heterocycles. The fraction of sp³-hybridized carbons (Fsp3) is 0.692. The Hall–Kier alpha value is -1.36. The molecule has 100 valence electrons. The van der Waals surface area contributed by atoms with Crippen molar-refractivity contribution in [3.63, 3.8) is 0 Å². The molecular formula is C13H20N2O3. The molecule has 2 amide bonds. The zero-order valence-electron chi connectivity index (χ0n) is 11.2. The normalized spacial score (nSPS) is 23.4. The third-order valence-corrected chi connectivity index (χ3v) is 3.69. The molecule has 0 radical (unpaired) electrons. The summed E-state index contributed by atoms with van der Waals surface area (Å²) in [4.78, 5) is 27.4. The van der Waals surface area contributed by atoms with Crippen molar-refractivity contribution in [3.05, 3.63) is 11.1 Å². The second kappa shape index (κ2) is 5.10. The van der Waals surface area contributed by atoms with Gasteiger partial charge in [-0.25, -0.2) is 4.79 Å². The number of Topliss-reactive ketones (excluding diaryl/α,β-unsaturated/α-hetero) is 1. The van der Waals surface area contributed by atoms with E-state index in [0.717, 1.165) is 24.0 Å². The molecule has 5 heteroatoms. The fourth-order valence-electron chi connectivity index (χ4n) is 2.83. The molecule has 2 rings (SSSR count). The lowest BCUT2D eigenvalue weighted by molar-refractivity contribution is -0.116. The van der Waals surface area contributed by atoms with E-state index in [0.29, 0.717) is 19.6 Å². The van der Waals surface area contributed by atoms with Gasteiger partial charge in [0, 0.05) is 39.7 Å². The Morgan fingerprint density at radius 2 is 2.17 bits per heavy atom. The van der Waals surface area contributed by atoms with Crippen molar-refractivity contribution in [1.82, 2.24) is 9.80 Å². The summed E-state index contributed by atoms with van der Waals surface area (Å²) in [5.41, 5.74) is 1.91. The molecule has 1 fully saturated rings. The fourth-order valence-corrected chi connectivity index (χ4v) is 2.83. The van der Waals surface area contributed by atoms with Gasteiger partial charge < -0.3 is 14.5 Å². The Kier molecular flexibility index (Phi) is 3.71. The third kappa shape index (κ3) is 2.14. The van der Waals surface area contributed by atoms with Crippen LogP contribution in [0.2, 0.25) is 0 Å². The van der Waals surface area contributed by atoms with Crippen molar-refractivity contribution in [2.24, 2.45) is 0 Å². The van der Waals surface area contributed by atoms with Crippen LogP contribution in [0.1, 0.15) is 19.3 Å². The van der Waals surface area contributed by atoms with Gasteiger partial charge in [-0.2, -0.15) is 0 Å². The summed E-state index contributed by atoms with van der Waals surface area (Å²) in [6.45, 7) is 1.08. The van der Waals surface area contributed by atoms with Crippen LogP contribution in [-0.2, 0) is 9.53 Å². The lowest BCUT2D eigenvalue weighted by Gasteiger charge is -2.31. The van der Waals surface area contributed by atoms with Gasteiger partial charge in [0.05, 0.1) is 12.6 Å². The minimum Gasteiger partial charge on any atom is -0.380 e. The van der Waals surface area contributed by atoms with Crippen LogP contribution < -0.4 is 0 Å². The number of carbonyl (C=O) groups excluding carboxylic acids is 2. The highest BCUT2D eigenvalue weighted by Gasteiger charge is 2.39. The molecule has 1 saturated heterocycles. The number of methoxy groups -OCH3 is 1. The number of hydrogen-bond donors (Lipinski definition) is 0. The topological polar surface area (TPSA) is 49.9 Å². The zero-order chi connectivity index (χ0) is 13.3. The van der Waals surface area contributed by atoms with Crippen molar-refractivity contribution in [3.8, 4) is 0 Å². The Morgan fingerprint density at radius 1 is 1.44 bits per heavy atom. The Balaban J connectivity index is 2.26. The summed E-state index contributed by atoms with van der Waals surface area (Å²) in [7, 11) is 5.12. The summed E-state index contributed by atoms with van der Waals surface area (Å²) < 4.78 is 5.11. The van der Waals surface area contributed by atoms with E-state index in [4.69, 9.17) is 4.74 Å². The molecule has 0 aromatic heterocycles. The molecule has 0 spiro atoms. The molecule has 2 aliphatic rings. The minimum absolute atomic E-state index is 0.0288. The number of hydrogen-bond acceptors (Lipinski definition) is 3. The first-order valence-electron chi connectivity index (χ1n) is 6.28. The summed E-state index contributed by atoms with van der Waals surface area (Å²) in [5.74, 6) is 0.183. The van der Waals surface area contributed by atoms with Crippen LogP contribution in [0.3, 0.4) is 0 Å². The number of amides is 2. The molecule has 0 bridgehead atoms. The third-order valence-electron chi connectivity index (χ3n) is 3.69. The lowest BCUT2D eigenvalue weighted by atomic mass is 9.87. The summed E-state index contributed by atoms with van der Waals surface area (Å²) in [6.07, 6.45) is 2.07. The van der Waals surface area contributed by atoms with Crippen molar-refractivity contribution in [2.45, 2.75) is 25.3 Å². The highest BCUT2D eigenvalue weighted by Crippen LogP contribution is 2.34. The predicted octanol–water partition coefficient (Wildman–Crippen LogP) is 1.05. The molecule has 1 aliphatic heterocycles. The van der Waals surface area contributed by atoms with Crippen molar-refractivity contribution >= 4 is 11.8 Å². The molecule has 18 heavy (non-hydrogen) atoms. The quantitative estimate of drug-likeness (QED) is 0.738. The van der Waals surface area contributed by atoms with Crippen LogP contribution in [0.15, 0.2) is 11.1 Å². The van der Waals surface area contributed by atoms with Crippen LogP contribution in [0.25, 0.3) is 0 Å². The van der Waals surface area contributed by atoms with Gasteiger partial charge in [-0.05, 0) is 18.4 Å². The smallest absolute Gasteiger partial charge is 0.319 e. The van der Waals surface area contributed by atoms with E-state index in [9.17, 15) is 9.59 Å². The van der Waals surface area contributed by atoms with E-state index in [-0.39, 0.29) is 17.9 Å². The van der Waals surface area contributed by atoms with Gasteiger partial charge in [0.25, 0.3) is 0 Å². The number of rotatable bonds is 2. The maximum atomic E-state index is 12.1. The van der Waals surface area contributed by atoms with E-state index in [1.165, 1.54) is 0 Å². The van der Waals surface area contributed by atoms with Crippen molar-refractivity contribution in [1.29, 1.82) is 0 Å². The highest BCUT2D eigenvalue weighted by atomic mass is 16.5. The van der Waals surface area contributed by atoms with Crippen LogP contribution in [0, 0.1) is 0 Å². The molecule has 1 aliphatic carbocycles. The van der Waals surface area contributed by atoms with Crippen LogP contribution in [0.5, 0.6) is 0 Å². The van der Waals surface area contributed by atoms with Gasteiger partial charge in [-0.15, -0.1) is 0 Å². The number of ether oxygens (including phenoxy) is 1. The Bertz CT molecular complexity index is 401. The van der Waals surface area contributed by atoms with Gasteiger partial charge in [0.2, 0.25) is 0 Å². The minimum atomic E-state index is 0.0288. The molecule has 1 atom stereocenters. The van der Waals surface area contributed by atoms with Crippen molar-refractivity contribution in [2.75, 3.05) is 34.4 Å². The summed E-state index contributed by atoms with van der Waals surface area (Å²) in [6, 6.07) is 0.129. The van der Waals surface area contributed by atoms with Crippen LogP contribution >= 0.6 is 0 Å². The average molecular weight is 252 g/mol. The van der Waals surface area contributed by atoms with Gasteiger partial charge in [-0.1, -0.05) is 0 Å². The van der Waals surface area contributed by atoms with E-state index in [1.807, 2.05) is 4.90 Å². The molecular weight excluding hydrogens is 232 g/mol. The average Bonchev–Trinajstić information content (AvgIpc) is 2.75. The molecule has 0 aromatic rings. The molecule has 0 saturated carbocycles. The standard InChI is InChI=1S/C13H20N2O3/c1-14(2)13(17)15-7-6-9-10(8-18-3)12(16)5-4-11(9)15/h11H,4-8H2,1-3H3.